The van der Waals surface area contributed by atoms with Gasteiger partial charge in [-0.05, 0) is 109 Å². The summed E-state index contributed by atoms with van der Waals surface area (Å²) < 4.78 is 60.7. The predicted molar refractivity (Wildman–Crippen MR) is 335 cm³/mol. The Morgan fingerprint density at radius 2 is 0.627 bits per heavy atom. The molecule has 0 aromatic carbocycles. The number of allylic oxidation sites excluding steroid dienone is 12. The van der Waals surface area contributed by atoms with Crippen molar-refractivity contribution >= 4 is 33.6 Å². The molecule has 83 heavy (non-hydrogen) atoms. The van der Waals surface area contributed by atoms with Crippen molar-refractivity contribution in [3.63, 3.8) is 0 Å². The van der Waals surface area contributed by atoms with E-state index in [0.29, 0.717) is 19.3 Å². The number of aliphatic hydroxyl groups excluding tert-OH is 2. The summed E-state index contributed by atoms with van der Waals surface area (Å²) >= 11 is 0. The van der Waals surface area contributed by atoms with Gasteiger partial charge in [-0.15, -0.1) is 0 Å². The van der Waals surface area contributed by atoms with Crippen LogP contribution in [0.4, 0.5) is 0 Å². The van der Waals surface area contributed by atoms with Gasteiger partial charge in [0.2, 0.25) is 0 Å². The molecule has 0 fully saturated rings. The van der Waals surface area contributed by atoms with Crippen molar-refractivity contribution in [1.82, 2.24) is 0 Å². The highest BCUT2D eigenvalue weighted by Gasteiger charge is 2.29. The molecule has 482 valence electrons. The summed E-state index contributed by atoms with van der Waals surface area (Å²) in [7, 11) is -9.77. The number of hydrogen-bond acceptors (Lipinski definition) is 14. The minimum atomic E-state index is -4.92. The summed E-state index contributed by atoms with van der Waals surface area (Å²) in [6.45, 7) is 2.53. The molecule has 0 radical (unpaired) electrons. The van der Waals surface area contributed by atoms with Gasteiger partial charge in [0, 0.05) is 19.3 Å². The number of unbranched alkanes of at least 4 members (excludes halogenated alkanes) is 26. The first kappa shape index (κ1) is 80.0. The van der Waals surface area contributed by atoms with Crippen LogP contribution in [0.25, 0.3) is 0 Å². The van der Waals surface area contributed by atoms with Gasteiger partial charge in [-0.1, -0.05) is 209 Å². The van der Waals surface area contributed by atoms with Gasteiger partial charge in [0.25, 0.3) is 0 Å². The molecule has 0 heterocycles. The zero-order chi connectivity index (χ0) is 61.0. The minimum absolute atomic E-state index is 0.0876. The fourth-order valence-corrected chi connectivity index (χ4v) is 9.96. The van der Waals surface area contributed by atoms with Crippen LogP contribution in [0.15, 0.2) is 72.9 Å². The SMILES string of the molecule is CCC/C=C\C/C=C\CCCCCCCC(=O)OC(COC(=O)CCCCCCC/C=C\CCCCCCCC)COP(=O)(O)OCC(O)COP(=O)(O)OCC(O)COC(=O)CCCCCCCC/C=C\C/C=C\C/C=C\CCCCC. The molecule has 0 saturated heterocycles. The number of carbonyl (C=O) groups is 3. The third-order valence-electron chi connectivity index (χ3n) is 13.4. The number of esters is 3. The lowest BCUT2D eigenvalue weighted by Gasteiger charge is -2.21. The monoisotopic (exact) mass is 1210 g/mol. The van der Waals surface area contributed by atoms with Crippen LogP contribution in [0.1, 0.15) is 265 Å². The number of rotatable bonds is 61. The number of ether oxygens (including phenoxy) is 3. The fourth-order valence-electron chi connectivity index (χ4n) is 8.37. The lowest BCUT2D eigenvalue weighted by atomic mass is 10.1. The van der Waals surface area contributed by atoms with Crippen LogP contribution in [0.5, 0.6) is 0 Å². The number of phosphoric acid groups is 2. The number of phosphoric ester groups is 2. The van der Waals surface area contributed by atoms with E-state index < -0.39 is 91.5 Å². The number of carbonyl (C=O) groups excluding carboxylic acids is 3. The van der Waals surface area contributed by atoms with Crippen molar-refractivity contribution in [2.24, 2.45) is 0 Å². The highest BCUT2D eigenvalue weighted by Crippen LogP contribution is 2.45. The number of aliphatic hydroxyl groups is 2. The fraction of sp³-hybridized carbons (Fsp3) is 0.769. The summed E-state index contributed by atoms with van der Waals surface area (Å²) in [6, 6.07) is 0. The van der Waals surface area contributed by atoms with E-state index in [4.69, 9.17) is 32.3 Å². The summed E-state index contributed by atoms with van der Waals surface area (Å²) in [4.78, 5) is 58.2. The summed E-state index contributed by atoms with van der Waals surface area (Å²) in [5.74, 6) is -1.61. The minimum Gasteiger partial charge on any atom is -0.463 e. The quantitative estimate of drug-likeness (QED) is 0.0146. The average molecular weight is 1220 g/mol. The standard InChI is InChI=1S/C65H116O16P2/c1-4-7-10-13-16-19-22-25-27-28-29-30-32-35-36-39-42-45-48-51-63(68)75-54-60(66)55-77-82(71,72)78-56-61(67)57-79-83(73,74)80-59-62(81-65(70)53-50-47-44-41-38-33-24-21-18-15-12-9-6-3)58-76-64(69)52-49-46-43-40-37-34-31-26-23-20-17-14-11-8-5-2/h12,15-16,19,21,24-27,29-31,60-62,66-67H,4-11,13-14,17-18,20,22-23,28,32-59H2,1-3H3,(H,71,72)(H,73,74)/b15-12-,19-16-,24-21-,27-25-,30-29-,31-26-. The molecular weight excluding hydrogens is 1100 g/mol. The van der Waals surface area contributed by atoms with Crippen LogP contribution in [0.2, 0.25) is 0 Å². The normalized spacial score (nSPS) is 14.8. The highest BCUT2D eigenvalue weighted by atomic mass is 31.2. The molecule has 16 nitrogen and oxygen atoms in total. The van der Waals surface area contributed by atoms with E-state index in [1.54, 1.807) is 0 Å². The Balaban J connectivity index is 4.65. The Bertz CT molecular complexity index is 1820. The van der Waals surface area contributed by atoms with Crippen molar-refractivity contribution in [3.05, 3.63) is 72.9 Å². The van der Waals surface area contributed by atoms with Crippen LogP contribution in [-0.2, 0) is 55.8 Å². The first-order valence-electron chi connectivity index (χ1n) is 32.2. The lowest BCUT2D eigenvalue weighted by Crippen LogP contribution is -2.30. The van der Waals surface area contributed by atoms with Gasteiger partial charge in [-0.3, -0.25) is 32.5 Å². The van der Waals surface area contributed by atoms with Crippen molar-refractivity contribution in [2.75, 3.05) is 39.6 Å². The van der Waals surface area contributed by atoms with Crippen LogP contribution in [0, 0.1) is 0 Å². The summed E-state index contributed by atoms with van der Waals surface area (Å²) in [6.07, 6.45) is 59.6. The highest BCUT2D eigenvalue weighted by molar-refractivity contribution is 7.47. The van der Waals surface area contributed by atoms with E-state index >= 15 is 0 Å². The zero-order valence-corrected chi connectivity index (χ0v) is 53.6. The predicted octanol–water partition coefficient (Wildman–Crippen LogP) is 17.2. The van der Waals surface area contributed by atoms with Gasteiger partial charge >= 0.3 is 33.6 Å². The van der Waals surface area contributed by atoms with E-state index in [1.807, 2.05) is 0 Å². The molecule has 0 bridgehead atoms. The second-order valence-corrected chi connectivity index (χ2v) is 24.5. The van der Waals surface area contributed by atoms with E-state index in [-0.39, 0.29) is 19.3 Å². The Morgan fingerprint density at radius 3 is 1.04 bits per heavy atom. The third kappa shape index (κ3) is 60.5. The Labute approximate surface area is 503 Å². The number of hydrogen-bond donors (Lipinski definition) is 4. The van der Waals surface area contributed by atoms with Gasteiger partial charge in [0.15, 0.2) is 6.10 Å². The molecule has 0 amide bonds. The molecule has 0 aromatic rings. The Hall–Kier alpha value is -3.01. The molecule has 0 aromatic heterocycles. The van der Waals surface area contributed by atoms with Crippen molar-refractivity contribution in [3.8, 4) is 0 Å². The second kappa shape index (κ2) is 59.3. The van der Waals surface area contributed by atoms with E-state index in [9.17, 15) is 43.5 Å². The molecule has 0 aliphatic rings. The van der Waals surface area contributed by atoms with E-state index in [1.165, 1.54) is 64.2 Å². The molecule has 0 rings (SSSR count). The maximum absolute atomic E-state index is 12.9. The van der Waals surface area contributed by atoms with Gasteiger partial charge < -0.3 is 34.2 Å². The Kier molecular flexibility index (Phi) is 57.2. The molecule has 0 saturated carbocycles. The zero-order valence-electron chi connectivity index (χ0n) is 51.9. The molecule has 5 atom stereocenters. The topological polar surface area (TPSA) is 231 Å². The van der Waals surface area contributed by atoms with Gasteiger partial charge in [-0.2, -0.15) is 0 Å². The smallest absolute Gasteiger partial charge is 0.463 e. The van der Waals surface area contributed by atoms with E-state index in [2.05, 4.69) is 93.7 Å². The maximum Gasteiger partial charge on any atom is 0.472 e. The van der Waals surface area contributed by atoms with Gasteiger partial charge in [-0.25, -0.2) is 9.13 Å². The maximum atomic E-state index is 12.9. The van der Waals surface area contributed by atoms with Crippen LogP contribution >= 0.6 is 15.6 Å². The first-order valence-corrected chi connectivity index (χ1v) is 35.2. The molecule has 0 aliphatic carbocycles. The summed E-state index contributed by atoms with van der Waals surface area (Å²) in [5, 5.41) is 20.5. The molecule has 0 aliphatic heterocycles. The van der Waals surface area contributed by atoms with Gasteiger partial charge in [0.1, 0.15) is 25.4 Å². The van der Waals surface area contributed by atoms with Crippen molar-refractivity contribution in [2.45, 2.75) is 283 Å². The molecule has 18 heteroatoms. The van der Waals surface area contributed by atoms with Gasteiger partial charge in [0.05, 0.1) is 26.4 Å². The van der Waals surface area contributed by atoms with Crippen molar-refractivity contribution < 1.29 is 75.8 Å². The van der Waals surface area contributed by atoms with E-state index in [0.717, 1.165) is 141 Å². The average Bonchev–Trinajstić information content (AvgIpc) is 3.46. The molecule has 5 unspecified atom stereocenters. The van der Waals surface area contributed by atoms with Crippen LogP contribution in [0.3, 0.4) is 0 Å². The third-order valence-corrected chi connectivity index (χ3v) is 15.3. The van der Waals surface area contributed by atoms with Crippen LogP contribution in [-0.4, -0.2) is 95.9 Å². The second-order valence-electron chi connectivity index (χ2n) is 21.6. The van der Waals surface area contributed by atoms with Crippen LogP contribution < -0.4 is 0 Å². The Morgan fingerprint density at radius 1 is 0.337 bits per heavy atom. The van der Waals surface area contributed by atoms with Crippen molar-refractivity contribution in [1.29, 1.82) is 0 Å². The molecular formula is C65H116O16P2. The molecule has 0 spiro atoms. The largest absolute Gasteiger partial charge is 0.472 e. The molecule has 4 N–H and O–H groups in total. The first-order chi connectivity index (χ1) is 40.2. The lowest BCUT2D eigenvalue weighted by molar-refractivity contribution is -0.161. The summed E-state index contributed by atoms with van der Waals surface area (Å²) in [5.41, 5.74) is 0.